The molecule has 1 saturated carbocycles. The van der Waals surface area contributed by atoms with E-state index in [0.29, 0.717) is 17.4 Å². The van der Waals surface area contributed by atoms with Crippen LogP contribution in [0.1, 0.15) is 24.3 Å². The maximum absolute atomic E-state index is 5.81. The average molecular weight is 200 g/mol. The van der Waals surface area contributed by atoms with E-state index < -0.39 is 0 Å². The van der Waals surface area contributed by atoms with Gasteiger partial charge in [0.25, 0.3) is 0 Å². The molecule has 0 spiro atoms. The third kappa shape index (κ3) is 1.40. The molecule has 76 valence electrons. The summed E-state index contributed by atoms with van der Waals surface area (Å²) in [6, 6.07) is 8.26. The highest BCUT2D eigenvalue weighted by molar-refractivity contribution is 5.73. The Hall–Kier alpha value is -1.77. The smallest absolute Gasteiger partial charge is 0.189 e. The molecule has 3 rings (SSSR count). The Balaban J connectivity index is 2.14. The number of nitrogens with zero attached hydrogens (tertiary/aromatic N) is 1. The predicted octanol–water partition coefficient (Wildman–Crippen LogP) is 2.80. The minimum Gasteiger partial charge on any atom is -0.394 e. The molecule has 0 aliphatic heterocycles. The van der Waals surface area contributed by atoms with Crippen LogP contribution in [0.4, 0.5) is 5.69 Å². The van der Waals surface area contributed by atoms with Crippen molar-refractivity contribution in [3.63, 3.8) is 0 Å². The van der Waals surface area contributed by atoms with Crippen LogP contribution in [-0.4, -0.2) is 5.16 Å². The van der Waals surface area contributed by atoms with Crippen molar-refractivity contribution in [2.75, 3.05) is 5.73 Å². The lowest BCUT2D eigenvalue weighted by Gasteiger charge is -2.05. The SMILES string of the molecule is Nc1cnoc1-c1ccccc1C1CC1. The summed E-state index contributed by atoms with van der Waals surface area (Å²) in [5, 5.41) is 3.72. The molecule has 3 heteroatoms. The van der Waals surface area contributed by atoms with Crippen LogP contribution >= 0.6 is 0 Å². The molecule has 2 N–H and O–H groups in total. The first kappa shape index (κ1) is 8.53. The Morgan fingerprint density at radius 1 is 1.27 bits per heavy atom. The first-order valence-electron chi connectivity index (χ1n) is 5.15. The van der Waals surface area contributed by atoms with Gasteiger partial charge in [0.2, 0.25) is 0 Å². The standard InChI is InChI=1S/C12H12N2O/c13-11-7-14-15-12(11)10-4-2-1-3-9(10)8-5-6-8/h1-4,7-8H,5-6,13H2. The van der Waals surface area contributed by atoms with E-state index in [9.17, 15) is 0 Å². The Morgan fingerprint density at radius 3 is 2.73 bits per heavy atom. The molecule has 1 heterocycles. The quantitative estimate of drug-likeness (QED) is 0.810. The first-order valence-corrected chi connectivity index (χ1v) is 5.15. The molecule has 3 nitrogen and oxygen atoms in total. The highest BCUT2D eigenvalue weighted by atomic mass is 16.5. The third-order valence-electron chi connectivity index (χ3n) is 2.82. The number of nitrogen functional groups attached to an aromatic ring is 1. The number of hydrogen-bond acceptors (Lipinski definition) is 3. The minimum atomic E-state index is 0.614. The Kier molecular flexibility index (Phi) is 1.78. The fraction of sp³-hybridized carbons (Fsp3) is 0.250. The number of anilines is 1. The molecular formula is C12H12N2O. The summed E-state index contributed by atoms with van der Waals surface area (Å²) in [6.45, 7) is 0. The van der Waals surface area contributed by atoms with E-state index in [4.69, 9.17) is 10.3 Å². The molecule has 0 unspecified atom stereocenters. The fourth-order valence-electron chi connectivity index (χ4n) is 1.91. The fourth-order valence-corrected chi connectivity index (χ4v) is 1.91. The summed E-state index contributed by atoms with van der Waals surface area (Å²) in [5.41, 5.74) is 8.85. The summed E-state index contributed by atoms with van der Waals surface area (Å²) in [6.07, 6.45) is 4.09. The summed E-state index contributed by atoms with van der Waals surface area (Å²) in [5.74, 6) is 1.39. The molecule has 0 atom stereocenters. The Morgan fingerprint density at radius 2 is 2.07 bits per heavy atom. The van der Waals surface area contributed by atoms with E-state index in [1.54, 1.807) is 6.20 Å². The van der Waals surface area contributed by atoms with Crippen LogP contribution in [0.2, 0.25) is 0 Å². The van der Waals surface area contributed by atoms with Crippen LogP contribution in [0.15, 0.2) is 35.0 Å². The van der Waals surface area contributed by atoms with E-state index >= 15 is 0 Å². The molecule has 1 fully saturated rings. The normalized spacial score (nSPS) is 15.5. The maximum Gasteiger partial charge on any atom is 0.189 e. The van der Waals surface area contributed by atoms with Crippen molar-refractivity contribution in [2.24, 2.45) is 0 Å². The van der Waals surface area contributed by atoms with Crippen LogP contribution < -0.4 is 5.73 Å². The van der Waals surface area contributed by atoms with E-state index in [0.717, 1.165) is 5.56 Å². The second-order valence-corrected chi connectivity index (χ2v) is 3.97. The minimum absolute atomic E-state index is 0.614. The predicted molar refractivity (Wildman–Crippen MR) is 58.3 cm³/mol. The van der Waals surface area contributed by atoms with Crippen molar-refractivity contribution in [1.29, 1.82) is 0 Å². The highest BCUT2D eigenvalue weighted by Gasteiger charge is 2.27. The molecule has 1 aromatic heterocycles. The number of hydrogen-bond donors (Lipinski definition) is 1. The van der Waals surface area contributed by atoms with E-state index in [2.05, 4.69) is 17.3 Å². The van der Waals surface area contributed by atoms with Gasteiger partial charge in [-0.1, -0.05) is 29.4 Å². The molecule has 1 aliphatic rings. The zero-order valence-electron chi connectivity index (χ0n) is 8.31. The van der Waals surface area contributed by atoms with Crippen molar-refractivity contribution in [1.82, 2.24) is 5.16 Å². The van der Waals surface area contributed by atoms with Crippen LogP contribution in [0.3, 0.4) is 0 Å². The number of benzene rings is 1. The van der Waals surface area contributed by atoms with Gasteiger partial charge in [-0.25, -0.2) is 0 Å². The second-order valence-electron chi connectivity index (χ2n) is 3.97. The number of rotatable bonds is 2. The van der Waals surface area contributed by atoms with Crippen LogP contribution in [0.25, 0.3) is 11.3 Å². The van der Waals surface area contributed by atoms with Gasteiger partial charge in [0, 0.05) is 5.56 Å². The summed E-state index contributed by atoms with van der Waals surface area (Å²) in [4.78, 5) is 0. The van der Waals surface area contributed by atoms with Gasteiger partial charge in [0.15, 0.2) is 5.76 Å². The van der Waals surface area contributed by atoms with Crippen molar-refractivity contribution < 1.29 is 4.52 Å². The molecule has 1 aliphatic carbocycles. The average Bonchev–Trinajstić information content (AvgIpc) is 3.02. The van der Waals surface area contributed by atoms with Crippen molar-refractivity contribution in [2.45, 2.75) is 18.8 Å². The van der Waals surface area contributed by atoms with Gasteiger partial charge < -0.3 is 10.3 Å². The van der Waals surface area contributed by atoms with E-state index in [1.165, 1.54) is 18.4 Å². The lowest BCUT2D eigenvalue weighted by Crippen LogP contribution is -1.89. The van der Waals surface area contributed by atoms with Crippen LogP contribution in [0, 0.1) is 0 Å². The number of aromatic nitrogens is 1. The van der Waals surface area contributed by atoms with Gasteiger partial charge in [-0.15, -0.1) is 0 Å². The van der Waals surface area contributed by atoms with Crippen LogP contribution in [0.5, 0.6) is 0 Å². The monoisotopic (exact) mass is 200 g/mol. The molecule has 0 amide bonds. The highest BCUT2D eigenvalue weighted by Crippen LogP contribution is 2.45. The first-order chi connectivity index (χ1) is 7.36. The van der Waals surface area contributed by atoms with E-state index in [1.807, 2.05) is 12.1 Å². The summed E-state index contributed by atoms with van der Waals surface area (Å²) >= 11 is 0. The Labute approximate surface area is 87.9 Å². The van der Waals surface area contributed by atoms with Crippen molar-refractivity contribution >= 4 is 5.69 Å². The zero-order chi connectivity index (χ0) is 10.3. The van der Waals surface area contributed by atoms with Crippen molar-refractivity contribution in [3.8, 4) is 11.3 Å². The third-order valence-corrected chi connectivity index (χ3v) is 2.82. The van der Waals surface area contributed by atoms with Gasteiger partial charge in [-0.3, -0.25) is 0 Å². The second kappa shape index (κ2) is 3.12. The molecule has 0 radical (unpaired) electrons. The Bertz CT molecular complexity index is 486. The van der Waals surface area contributed by atoms with Gasteiger partial charge >= 0.3 is 0 Å². The molecule has 1 aromatic carbocycles. The number of nitrogens with two attached hydrogens (primary N) is 1. The summed E-state index contributed by atoms with van der Waals surface area (Å²) in [7, 11) is 0. The van der Waals surface area contributed by atoms with Gasteiger partial charge in [0.1, 0.15) is 5.69 Å². The van der Waals surface area contributed by atoms with E-state index in [-0.39, 0.29) is 0 Å². The molecule has 0 saturated heterocycles. The summed E-state index contributed by atoms with van der Waals surface area (Å²) < 4.78 is 5.19. The van der Waals surface area contributed by atoms with Gasteiger partial charge in [-0.2, -0.15) is 0 Å². The molecular weight excluding hydrogens is 188 g/mol. The maximum atomic E-state index is 5.81. The lowest BCUT2D eigenvalue weighted by molar-refractivity contribution is 0.432. The topological polar surface area (TPSA) is 52.0 Å². The lowest BCUT2D eigenvalue weighted by atomic mass is 10.0. The zero-order valence-corrected chi connectivity index (χ0v) is 8.31. The molecule has 2 aromatic rings. The molecule has 0 bridgehead atoms. The van der Waals surface area contributed by atoms with Crippen molar-refractivity contribution in [3.05, 3.63) is 36.0 Å². The van der Waals surface area contributed by atoms with Gasteiger partial charge in [-0.05, 0) is 24.3 Å². The molecule has 15 heavy (non-hydrogen) atoms. The largest absolute Gasteiger partial charge is 0.394 e. The van der Waals surface area contributed by atoms with Gasteiger partial charge in [0.05, 0.1) is 6.20 Å². The van der Waals surface area contributed by atoms with Crippen LogP contribution in [-0.2, 0) is 0 Å².